The van der Waals surface area contributed by atoms with E-state index in [9.17, 15) is 13.5 Å². The maximum absolute atomic E-state index is 12.6. The Kier molecular flexibility index (Phi) is 6.08. The van der Waals surface area contributed by atoms with Gasteiger partial charge in [0.15, 0.2) is 0 Å². The number of rotatable bonds is 5. The highest BCUT2D eigenvalue weighted by Gasteiger charge is 2.32. The Labute approximate surface area is 149 Å². The molecule has 3 rings (SSSR count). The fraction of sp³-hybridized carbons (Fsp3) is 0.647. The first-order valence-corrected chi connectivity index (χ1v) is 10.2. The highest BCUT2D eigenvalue weighted by Crippen LogP contribution is 2.20. The lowest BCUT2D eigenvalue weighted by atomic mass is 10.0. The van der Waals surface area contributed by atoms with Gasteiger partial charge in [-0.25, -0.2) is 8.42 Å². The average Bonchev–Trinajstić information content (AvgIpc) is 2.86. The quantitative estimate of drug-likeness (QED) is 0.665. The molecule has 0 spiro atoms. The van der Waals surface area contributed by atoms with Crippen molar-refractivity contribution in [3.8, 4) is 0 Å². The van der Waals surface area contributed by atoms with E-state index in [0.29, 0.717) is 44.3 Å². The molecule has 3 N–H and O–H groups in total. The molecule has 2 aliphatic rings. The standard InChI is InChI=1S/C17H27N3O4S/c21-17(12-18-8-11-24-14-17)13-19-15-6-9-20(10-7-15)25(22,23)16-4-2-1-3-5-16/h1-5,15,18-19,21H,6-14H2. The molecule has 1 aromatic rings. The van der Waals surface area contributed by atoms with Crippen LogP contribution in [0.4, 0.5) is 0 Å². The van der Waals surface area contributed by atoms with Crippen LogP contribution in [-0.4, -0.2) is 75.4 Å². The van der Waals surface area contributed by atoms with Crippen molar-refractivity contribution >= 4 is 10.0 Å². The number of aliphatic hydroxyl groups is 1. The normalized spacial score (nSPS) is 27.1. The number of nitrogens with one attached hydrogen (secondary N) is 2. The SMILES string of the molecule is O=S(=O)(c1ccccc1)N1CCC(NCC2(O)CNCCOC2)CC1. The van der Waals surface area contributed by atoms with Crippen LogP contribution in [0.15, 0.2) is 35.2 Å². The molecule has 7 nitrogen and oxygen atoms in total. The Morgan fingerprint density at radius 2 is 2.00 bits per heavy atom. The van der Waals surface area contributed by atoms with Crippen LogP contribution in [0.1, 0.15) is 12.8 Å². The van der Waals surface area contributed by atoms with Gasteiger partial charge in [0.1, 0.15) is 5.60 Å². The molecule has 0 saturated carbocycles. The summed E-state index contributed by atoms with van der Waals surface area (Å²) in [6, 6.07) is 8.76. The molecule has 0 aromatic heterocycles. The monoisotopic (exact) mass is 369 g/mol. The van der Waals surface area contributed by atoms with Crippen molar-refractivity contribution in [3.05, 3.63) is 30.3 Å². The van der Waals surface area contributed by atoms with Gasteiger partial charge in [-0.1, -0.05) is 18.2 Å². The largest absolute Gasteiger partial charge is 0.385 e. The minimum absolute atomic E-state index is 0.203. The molecule has 0 bridgehead atoms. The van der Waals surface area contributed by atoms with Gasteiger partial charge >= 0.3 is 0 Å². The molecular weight excluding hydrogens is 342 g/mol. The second-order valence-corrected chi connectivity index (χ2v) is 8.76. The Bertz CT molecular complexity index is 637. The van der Waals surface area contributed by atoms with Crippen LogP contribution in [0.2, 0.25) is 0 Å². The zero-order chi connectivity index (χ0) is 17.8. The molecule has 2 heterocycles. The summed E-state index contributed by atoms with van der Waals surface area (Å²) >= 11 is 0. The van der Waals surface area contributed by atoms with Crippen molar-refractivity contribution < 1.29 is 18.3 Å². The summed E-state index contributed by atoms with van der Waals surface area (Å²) in [6.07, 6.45) is 1.47. The lowest BCUT2D eigenvalue weighted by molar-refractivity contribution is -0.0285. The number of piperidine rings is 1. The maximum atomic E-state index is 12.6. The predicted octanol–water partition coefficient (Wildman–Crippen LogP) is -0.220. The Hall–Kier alpha value is -1.03. The third-order valence-electron chi connectivity index (χ3n) is 4.80. The molecular formula is C17H27N3O4S. The number of hydrogen-bond donors (Lipinski definition) is 3. The summed E-state index contributed by atoms with van der Waals surface area (Å²) in [5.41, 5.74) is -0.913. The molecule has 2 fully saturated rings. The van der Waals surface area contributed by atoms with Gasteiger partial charge in [0, 0.05) is 38.8 Å². The van der Waals surface area contributed by atoms with Gasteiger partial charge in [-0.3, -0.25) is 0 Å². The van der Waals surface area contributed by atoms with Crippen LogP contribution in [0.5, 0.6) is 0 Å². The van der Waals surface area contributed by atoms with Gasteiger partial charge in [0.2, 0.25) is 10.0 Å². The van der Waals surface area contributed by atoms with Crippen molar-refractivity contribution in [2.24, 2.45) is 0 Å². The lowest BCUT2D eigenvalue weighted by Gasteiger charge is -2.34. The van der Waals surface area contributed by atoms with Gasteiger partial charge in [-0.2, -0.15) is 4.31 Å². The molecule has 0 amide bonds. The first kappa shape index (κ1) is 18.8. The molecule has 1 atom stereocenters. The van der Waals surface area contributed by atoms with Crippen LogP contribution in [0.25, 0.3) is 0 Å². The van der Waals surface area contributed by atoms with Crippen molar-refractivity contribution in [1.29, 1.82) is 0 Å². The summed E-state index contributed by atoms with van der Waals surface area (Å²) in [7, 11) is -3.41. The predicted molar refractivity (Wildman–Crippen MR) is 94.9 cm³/mol. The van der Waals surface area contributed by atoms with E-state index in [-0.39, 0.29) is 6.04 Å². The fourth-order valence-corrected chi connectivity index (χ4v) is 4.76. The van der Waals surface area contributed by atoms with Crippen LogP contribution in [0.3, 0.4) is 0 Å². The van der Waals surface area contributed by atoms with E-state index in [1.165, 1.54) is 0 Å². The number of β-amino-alcohol motifs (C(OH)–C–C–N with tert-alkyl or cyclic N) is 1. The Balaban J connectivity index is 1.50. The van der Waals surface area contributed by atoms with Crippen LogP contribution >= 0.6 is 0 Å². The van der Waals surface area contributed by atoms with E-state index in [2.05, 4.69) is 10.6 Å². The number of ether oxygens (including phenoxy) is 1. The topological polar surface area (TPSA) is 90.9 Å². The van der Waals surface area contributed by atoms with Crippen molar-refractivity contribution in [1.82, 2.24) is 14.9 Å². The fourth-order valence-electron chi connectivity index (χ4n) is 3.27. The van der Waals surface area contributed by atoms with Gasteiger partial charge in [-0.05, 0) is 25.0 Å². The number of nitrogens with zero attached hydrogens (tertiary/aromatic N) is 1. The average molecular weight is 369 g/mol. The Morgan fingerprint density at radius 3 is 2.72 bits per heavy atom. The smallest absolute Gasteiger partial charge is 0.243 e. The summed E-state index contributed by atoms with van der Waals surface area (Å²) < 4.78 is 32.2. The minimum atomic E-state index is -3.41. The van der Waals surface area contributed by atoms with Crippen molar-refractivity contribution in [3.63, 3.8) is 0 Å². The molecule has 0 aliphatic carbocycles. The minimum Gasteiger partial charge on any atom is -0.385 e. The van der Waals surface area contributed by atoms with E-state index in [1.54, 1.807) is 28.6 Å². The summed E-state index contributed by atoms with van der Waals surface area (Å²) in [6.45, 7) is 3.59. The van der Waals surface area contributed by atoms with Gasteiger partial charge in [-0.15, -0.1) is 0 Å². The lowest BCUT2D eigenvalue weighted by Crippen LogP contribution is -2.54. The van der Waals surface area contributed by atoms with Crippen LogP contribution in [-0.2, 0) is 14.8 Å². The molecule has 8 heteroatoms. The van der Waals surface area contributed by atoms with Crippen molar-refractivity contribution in [2.75, 3.05) is 45.9 Å². The van der Waals surface area contributed by atoms with Gasteiger partial charge in [0.05, 0.1) is 18.1 Å². The van der Waals surface area contributed by atoms with Gasteiger partial charge < -0.3 is 20.5 Å². The second kappa shape index (κ2) is 8.11. The molecule has 2 saturated heterocycles. The molecule has 1 unspecified atom stereocenters. The zero-order valence-electron chi connectivity index (χ0n) is 14.4. The molecule has 2 aliphatic heterocycles. The van der Waals surface area contributed by atoms with E-state index in [4.69, 9.17) is 4.74 Å². The first-order valence-electron chi connectivity index (χ1n) is 8.79. The highest BCUT2D eigenvalue weighted by molar-refractivity contribution is 7.89. The maximum Gasteiger partial charge on any atom is 0.243 e. The number of sulfonamides is 1. The van der Waals surface area contributed by atoms with Crippen molar-refractivity contribution in [2.45, 2.75) is 29.4 Å². The van der Waals surface area contributed by atoms with Gasteiger partial charge in [0.25, 0.3) is 0 Å². The van der Waals surface area contributed by atoms with Crippen LogP contribution < -0.4 is 10.6 Å². The molecule has 25 heavy (non-hydrogen) atoms. The van der Waals surface area contributed by atoms with E-state index >= 15 is 0 Å². The molecule has 140 valence electrons. The van der Waals surface area contributed by atoms with E-state index < -0.39 is 15.6 Å². The first-order chi connectivity index (χ1) is 12.0. The highest BCUT2D eigenvalue weighted by atomic mass is 32.2. The summed E-state index contributed by atoms with van der Waals surface area (Å²) in [5, 5.41) is 17.1. The summed E-state index contributed by atoms with van der Waals surface area (Å²) in [5.74, 6) is 0. The van der Waals surface area contributed by atoms with E-state index in [0.717, 1.165) is 19.4 Å². The number of benzene rings is 1. The second-order valence-electron chi connectivity index (χ2n) is 6.83. The summed E-state index contributed by atoms with van der Waals surface area (Å²) in [4.78, 5) is 0.345. The zero-order valence-corrected chi connectivity index (χ0v) is 15.2. The molecule has 0 radical (unpaired) electrons. The third-order valence-corrected chi connectivity index (χ3v) is 6.72. The third kappa shape index (κ3) is 4.78. The molecule has 1 aromatic carbocycles. The van der Waals surface area contributed by atoms with E-state index in [1.807, 2.05) is 6.07 Å². The number of hydrogen-bond acceptors (Lipinski definition) is 6. The van der Waals surface area contributed by atoms with Crippen LogP contribution in [0, 0.1) is 0 Å². The Morgan fingerprint density at radius 1 is 1.28 bits per heavy atom.